The SMILES string of the molecule is C#CCOc1ccccc1[C@H]1N=C(N)Nc2nc3ccccc3n21. The molecule has 3 N–H and O–H groups in total. The number of anilines is 1. The van der Waals surface area contributed by atoms with Crippen LogP contribution in [0.3, 0.4) is 0 Å². The maximum atomic E-state index is 5.96. The van der Waals surface area contributed by atoms with Crippen LogP contribution in [-0.2, 0) is 0 Å². The van der Waals surface area contributed by atoms with Crippen molar-refractivity contribution in [1.82, 2.24) is 9.55 Å². The van der Waals surface area contributed by atoms with Crippen molar-refractivity contribution in [3.63, 3.8) is 0 Å². The molecule has 24 heavy (non-hydrogen) atoms. The number of terminal acetylenes is 1. The molecule has 0 radical (unpaired) electrons. The molecule has 6 heteroatoms. The molecular formula is C18H15N5O. The summed E-state index contributed by atoms with van der Waals surface area (Å²) < 4.78 is 7.68. The minimum absolute atomic E-state index is 0.193. The van der Waals surface area contributed by atoms with Gasteiger partial charge in [0.25, 0.3) is 0 Å². The molecule has 2 heterocycles. The van der Waals surface area contributed by atoms with Gasteiger partial charge in [0, 0.05) is 5.56 Å². The first-order valence-electron chi connectivity index (χ1n) is 7.50. The Balaban J connectivity index is 1.90. The second-order valence-corrected chi connectivity index (χ2v) is 5.34. The summed E-state index contributed by atoms with van der Waals surface area (Å²) in [6.07, 6.45) is 4.94. The molecule has 0 saturated heterocycles. The summed E-state index contributed by atoms with van der Waals surface area (Å²) in [6, 6.07) is 15.5. The van der Waals surface area contributed by atoms with Crippen LogP contribution in [0.5, 0.6) is 5.75 Å². The Labute approximate surface area is 139 Å². The predicted octanol–water partition coefficient (Wildman–Crippen LogP) is 2.34. The predicted molar refractivity (Wildman–Crippen MR) is 93.9 cm³/mol. The number of nitrogens with two attached hydrogens (primary N) is 1. The second-order valence-electron chi connectivity index (χ2n) is 5.34. The van der Waals surface area contributed by atoms with Crippen molar-refractivity contribution in [3.05, 3.63) is 54.1 Å². The Bertz CT molecular complexity index is 982. The molecule has 1 aromatic heterocycles. The van der Waals surface area contributed by atoms with Gasteiger partial charge in [-0.05, 0) is 18.2 Å². The largest absolute Gasteiger partial charge is 0.481 e. The van der Waals surface area contributed by atoms with E-state index in [-0.39, 0.29) is 12.8 Å². The molecule has 0 saturated carbocycles. The van der Waals surface area contributed by atoms with Gasteiger partial charge in [0.2, 0.25) is 5.95 Å². The lowest BCUT2D eigenvalue weighted by Crippen LogP contribution is -2.31. The molecule has 118 valence electrons. The molecule has 0 spiro atoms. The third kappa shape index (κ3) is 2.23. The maximum absolute atomic E-state index is 5.96. The van der Waals surface area contributed by atoms with Crippen molar-refractivity contribution in [2.75, 3.05) is 11.9 Å². The number of nitrogens with zero attached hydrogens (tertiary/aromatic N) is 3. The summed E-state index contributed by atoms with van der Waals surface area (Å²) in [5.74, 6) is 4.14. The third-order valence-corrected chi connectivity index (χ3v) is 3.85. The molecule has 0 bridgehead atoms. The van der Waals surface area contributed by atoms with Gasteiger partial charge in [-0.15, -0.1) is 6.42 Å². The Morgan fingerprint density at radius 1 is 1.21 bits per heavy atom. The zero-order chi connectivity index (χ0) is 16.5. The number of aliphatic imine (C=N–C) groups is 1. The average Bonchev–Trinajstić information content (AvgIpc) is 2.97. The van der Waals surface area contributed by atoms with Gasteiger partial charge in [0.1, 0.15) is 12.4 Å². The van der Waals surface area contributed by atoms with E-state index in [4.69, 9.17) is 16.9 Å². The van der Waals surface area contributed by atoms with Crippen molar-refractivity contribution >= 4 is 22.9 Å². The molecule has 2 aromatic carbocycles. The van der Waals surface area contributed by atoms with Gasteiger partial charge in [-0.2, -0.15) is 0 Å². The van der Waals surface area contributed by atoms with E-state index >= 15 is 0 Å². The summed E-state index contributed by atoms with van der Waals surface area (Å²) in [5, 5.41) is 3.02. The first-order chi connectivity index (χ1) is 11.8. The van der Waals surface area contributed by atoms with E-state index in [1.165, 1.54) is 0 Å². The average molecular weight is 317 g/mol. The fourth-order valence-electron chi connectivity index (χ4n) is 2.87. The van der Waals surface area contributed by atoms with Crippen molar-refractivity contribution < 1.29 is 4.74 Å². The third-order valence-electron chi connectivity index (χ3n) is 3.85. The Morgan fingerprint density at radius 3 is 2.88 bits per heavy atom. The van der Waals surface area contributed by atoms with Crippen molar-refractivity contribution in [3.8, 4) is 18.1 Å². The summed E-state index contributed by atoms with van der Waals surface area (Å²) in [6.45, 7) is 0.193. The van der Waals surface area contributed by atoms with Gasteiger partial charge in [-0.25, -0.2) is 9.98 Å². The summed E-state index contributed by atoms with van der Waals surface area (Å²) in [4.78, 5) is 9.15. The molecule has 0 fully saturated rings. The number of hydrogen-bond donors (Lipinski definition) is 2. The number of ether oxygens (including phenoxy) is 1. The number of imidazole rings is 1. The van der Waals surface area contributed by atoms with Crippen LogP contribution < -0.4 is 15.8 Å². The molecule has 3 aromatic rings. The molecule has 1 aliphatic heterocycles. The number of nitrogens with one attached hydrogen (secondary N) is 1. The van der Waals surface area contributed by atoms with Crippen LogP contribution >= 0.6 is 0 Å². The normalized spacial score (nSPS) is 16.0. The maximum Gasteiger partial charge on any atom is 0.212 e. The van der Waals surface area contributed by atoms with E-state index in [1.54, 1.807) is 0 Å². The molecular weight excluding hydrogens is 302 g/mol. The first kappa shape index (κ1) is 14.2. The molecule has 0 unspecified atom stereocenters. The highest BCUT2D eigenvalue weighted by molar-refractivity contribution is 5.94. The molecule has 6 nitrogen and oxygen atoms in total. The van der Waals surface area contributed by atoms with Crippen LogP contribution in [0, 0.1) is 12.3 Å². The number of guanidine groups is 1. The van der Waals surface area contributed by atoms with Gasteiger partial charge in [-0.1, -0.05) is 36.3 Å². The van der Waals surface area contributed by atoms with E-state index in [0.29, 0.717) is 17.7 Å². The second kappa shape index (κ2) is 5.63. The fourth-order valence-corrected chi connectivity index (χ4v) is 2.87. The highest BCUT2D eigenvalue weighted by Crippen LogP contribution is 2.36. The van der Waals surface area contributed by atoms with Crippen molar-refractivity contribution in [2.24, 2.45) is 10.7 Å². The smallest absolute Gasteiger partial charge is 0.212 e. The number of fused-ring (bicyclic) bond motifs is 3. The van der Waals surface area contributed by atoms with Crippen LogP contribution in [0.4, 0.5) is 5.95 Å². The zero-order valence-electron chi connectivity index (χ0n) is 12.8. The number of hydrogen-bond acceptors (Lipinski definition) is 5. The zero-order valence-corrected chi connectivity index (χ0v) is 12.8. The Kier molecular flexibility index (Phi) is 3.32. The van der Waals surface area contributed by atoms with E-state index < -0.39 is 0 Å². The minimum atomic E-state index is -0.373. The summed E-state index contributed by atoms with van der Waals surface area (Å²) in [7, 11) is 0. The lowest BCUT2D eigenvalue weighted by Gasteiger charge is -2.25. The quantitative estimate of drug-likeness (QED) is 0.727. The summed E-state index contributed by atoms with van der Waals surface area (Å²) >= 11 is 0. The van der Waals surface area contributed by atoms with Gasteiger partial charge >= 0.3 is 0 Å². The van der Waals surface area contributed by atoms with Crippen molar-refractivity contribution in [1.29, 1.82) is 0 Å². The standard InChI is InChI=1S/C18H15N5O/c1-2-11-24-15-10-6-3-7-12(15)16-21-17(19)22-18-20-13-8-4-5-9-14(13)23(16)18/h1,3-10,16H,11H2,(H3,19,20,21,22)/t16-/m0/s1. The molecule has 0 amide bonds. The molecule has 0 aliphatic carbocycles. The van der Waals surface area contributed by atoms with Crippen LogP contribution in [0.1, 0.15) is 11.7 Å². The number of benzene rings is 2. The highest BCUT2D eigenvalue weighted by Gasteiger charge is 2.27. The summed E-state index contributed by atoms with van der Waals surface area (Å²) in [5.41, 5.74) is 8.68. The molecule has 1 atom stereocenters. The first-order valence-corrected chi connectivity index (χ1v) is 7.50. The monoisotopic (exact) mass is 317 g/mol. The molecule has 1 aliphatic rings. The number of para-hydroxylation sites is 3. The number of aromatic nitrogens is 2. The van der Waals surface area contributed by atoms with Crippen LogP contribution in [0.15, 0.2) is 53.5 Å². The fraction of sp³-hybridized carbons (Fsp3) is 0.111. The van der Waals surface area contributed by atoms with Crippen LogP contribution in [0.2, 0.25) is 0 Å². The Morgan fingerprint density at radius 2 is 2.00 bits per heavy atom. The van der Waals surface area contributed by atoms with Gasteiger partial charge in [0.05, 0.1) is 11.0 Å². The van der Waals surface area contributed by atoms with E-state index in [0.717, 1.165) is 16.6 Å². The lowest BCUT2D eigenvalue weighted by atomic mass is 10.1. The lowest BCUT2D eigenvalue weighted by molar-refractivity contribution is 0.361. The van der Waals surface area contributed by atoms with Crippen LogP contribution in [0.25, 0.3) is 11.0 Å². The van der Waals surface area contributed by atoms with Gasteiger partial charge in [-0.3, -0.25) is 9.88 Å². The minimum Gasteiger partial charge on any atom is -0.481 e. The molecule has 4 rings (SSSR count). The van der Waals surface area contributed by atoms with E-state index in [9.17, 15) is 0 Å². The topological polar surface area (TPSA) is 77.5 Å². The van der Waals surface area contributed by atoms with Gasteiger partial charge < -0.3 is 10.5 Å². The number of rotatable bonds is 3. The van der Waals surface area contributed by atoms with E-state index in [2.05, 4.69) is 21.2 Å². The van der Waals surface area contributed by atoms with Crippen LogP contribution in [-0.4, -0.2) is 22.1 Å². The van der Waals surface area contributed by atoms with Gasteiger partial charge in [0.15, 0.2) is 12.1 Å². The highest BCUT2D eigenvalue weighted by atomic mass is 16.5. The van der Waals surface area contributed by atoms with E-state index in [1.807, 2.05) is 53.1 Å². The Hall–Kier alpha value is -3.46. The van der Waals surface area contributed by atoms with Crippen molar-refractivity contribution in [2.45, 2.75) is 6.17 Å².